The fraction of sp³-hybridized carbons (Fsp3) is 0.125. The van der Waals surface area contributed by atoms with Crippen LogP contribution in [0.5, 0.6) is 11.6 Å². The molecule has 2 N–H and O–H groups in total. The number of hydrogen-bond acceptors (Lipinski definition) is 6. The van der Waals surface area contributed by atoms with E-state index in [1.54, 1.807) is 6.07 Å². The van der Waals surface area contributed by atoms with Gasteiger partial charge in [0.2, 0.25) is 5.88 Å². The first-order valence-corrected chi connectivity index (χ1v) is 10.2. The third-order valence-electron chi connectivity index (χ3n) is 5.56. The molecule has 0 spiro atoms. The zero-order chi connectivity index (χ0) is 23.8. The lowest BCUT2D eigenvalue weighted by Crippen LogP contribution is -2.15. The Morgan fingerprint density at radius 3 is 2.76 bits per heavy atom. The van der Waals surface area contributed by atoms with Crippen LogP contribution in [0, 0.1) is 16.5 Å². The van der Waals surface area contributed by atoms with E-state index in [0.717, 1.165) is 0 Å². The van der Waals surface area contributed by atoms with Gasteiger partial charge in [-0.05, 0) is 47.6 Å². The van der Waals surface area contributed by atoms with Crippen LogP contribution in [0.15, 0.2) is 59.8 Å². The van der Waals surface area contributed by atoms with Crippen molar-refractivity contribution in [2.45, 2.75) is 13.2 Å². The van der Waals surface area contributed by atoms with Gasteiger partial charge >= 0.3 is 0 Å². The fourth-order valence-electron chi connectivity index (χ4n) is 4.03. The Morgan fingerprint density at radius 2 is 1.97 bits per heavy atom. The maximum absolute atomic E-state index is 14.2. The van der Waals surface area contributed by atoms with Crippen molar-refractivity contribution >= 4 is 28.2 Å². The first-order chi connectivity index (χ1) is 16.5. The highest BCUT2D eigenvalue weighted by atomic mass is 19.1. The summed E-state index contributed by atoms with van der Waals surface area (Å²) in [5.74, 6) is -1.84. The van der Waals surface area contributed by atoms with Crippen molar-refractivity contribution < 1.29 is 28.2 Å². The van der Waals surface area contributed by atoms with E-state index >= 15 is 0 Å². The Kier molecular flexibility index (Phi) is 5.42. The molecule has 0 fully saturated rings. The molecule has 1 aromatic heterocycles. The van der Waals surface area contributed by atoms with E-state index in [0.29, 0.717) is 33.5 Å². The summed E-state index contributed by atoms with van der Waals surface area (Å²) in [6, 6.07) is 12.6. The standard InChI is InChI=1S/C24H17F2N3O5/c25-15-7-13(22-14(8-15)11-33-12-34-22)10-29-20-9-16(5-6-18(20)21(28-32)24(29)31)27-23(30)17-3-1-2-4-19(17)26/h1-9,31H,10-12H2,(H,27,30). The van der Waals surface area contributed by atoms with Crippen LogP contribution < -0.4 is 10.1 Å². The molecule has 34 heavy (non-hydrogen) atoms. The highest BCUT2D eigenvalue weighted by Gasteiger charge is 2.23. The highest BCUT2D eigenvalue weighted by molar-refractivity contribution is 6.06. The van der Waals surface area contributed by atoms with Gasteiger partial charge < -0.3 is 24.5 Å². The molecule has 1 aliphatic rings. The Balaban J connectivity index is 1.57. The van der Waals surface area contributed by atoms with Gasteiger partial charge in [-0.15, -0.1) is 4.91 Å². The van der Waals surface area contributed by atoms with Crippen molar-refractivity contribution in [2.24, 2.45) is 5.18 Å². The van der Waals surface area contributed by atoms with Crippen LogP contribution >= 0.6 is 0 Å². The second-order valence-corrected chi connectivity index (χ2v) is 7.68. The summed E-state index contributed by atoms with van der Waals surface area (Å²) in [6.45, 7) is 0.117. The molecular formula is C24H17F2N3O5. The summed E-state index contributed by atoms with van der Waals surface area (Å²) in [6.07, 6.45) is 0. The van der Waals surface area contributed by atoms with E-state index < -0.39 is 23.4 Å². The van der Waals surface area contributed by atoms with Crippen LogP contribution in [0.1, 0.15) is 21.5 Å². The van der Waals surface area contributed by atoms with Gasteiger partial charge in [0.05, 0.1) is 24.2 Å². The molecule has 0 bridgehead atoms. The molecule has 5 rings (SSSR count). The molecule has 1 aliphatic heterocycles. The minimum atomic E-state index is -0.672. The maximum atomic E-state index is 14.2. The minimum Gasteiger partial charge on any atom is -0.493 e. The molecule has 1 amide bonds. The smallest absolute Gasteiger partial charge is 0.258 e. The average molecular weight is 465 g/mol. The number of nitrogens with zero attached hydrogens (tertiary/aromatic N) is 2. The van der Waals surface area contributed by atoms with Gasteiger partial charge in [0.25, 0.3) is 5.91 Å². The number of carbonyl (C=O) groups is 1. The van der Waals surface area contributed by atoms with Crippen LogP contribution in [0.3, 0.4) is 0 Å². The molecule has 0 atom stereocenters. The number of ether oxygens (including phenoxy) is 2. The van der Waals surface area contributed by atoms with Gasteiger partial charge in [0.1, 0.15) is 17.4 Å². The van der Waals surface area contributed by atoms with E-state index in [4.69, 9.17) is 9.47 Å². The molecule has 0 unspecified atom stereocenters. The molecule has 172 valence electrons. The molecule has 10 heteroatoms. The Bertz CT molecular complexity index is 1450. The molecule has 4 aromatic rings. The molecule has 2 heterocycles. The highest BCUT2D eigenvalue weighted by Crippen LogP contribution is 2.41. The zero-order valence-electron chi connectivity index (χ0n) is 17.5. The van der Waals surface area contributed by atoms with Crippen molar-refractivity contribution in [3.63, 3.8) is 0 Å². The largest absolute Gasteiger partial charge is 0.493 e. The number of fused-ring (bicyclic) bond motifs is 2. The van der Waals surface area contributed by atoms with Gasteiger partial charge in [-0.25, -0.2) is 8.78 Å². The monoisotopic (exact) mass is 465 g/mol. The molecule has 0 aliphatic carbocycles. The van der Waals surface area contributed by atoms with E-state index in [9.17, 15) is 23.6 Å². The molecule has 8 nitrogen and oxygen atoms in total. The van der Waals surface area contributed by atoms with E-state index in [1.807, 2.05) is 0 Å². The number of halogens is 2. The van der Waals surface area contributed by atoms with Crippen LogP contribution in [0.25, 0.3) is 10.9 Å². The quantitative estimate of drug-likeness (QED) is 0.395. The number of nitrogens with one attached hydrogen (secondary N) is 1. The second-order valence-electron chi connectivity index (χ2n) is 7.68. The number of carbonyl (C=O) groups excluding carboxylic acids is 1. The number of amides is 1. The molecule has 0 radical (unpaired) electrons. The number of nitroso groups, excluding NO2 is 1. The van der Waals surface area contributed by atoms with E-state index in [2.05, 4.69) is 10.5 Å². The van der Waals surface area contributed by atoms with Crippen molar-refractivity contribution in [3.05, 3.63) is 87.8 Å². The lowest BCUT2D eigenvalue weighted by molar-refractivity contribution is -0.0173. The number of anilines is 1. The summed E-state index contributed by atoms with van der Waals surface area (Å²) in [4.78, 5) is 24.0. The summed E-state index contributed by atoms with van der Waals surface area (Å²) >= 11 is 0. The summed E-state index contributed by atoms with van der Waals surface area (Å²) < 4.78 is 40.3. The Morgan fingerprint density at radius 1 is 1.15 bits per heavy atom. The Labute approximate surface area is 191 Å². The van der Waals surface area contributed by atoms with Crippen molar-refractivity contribution in [1.82, 2.24) is 4.57 Å². The molecular weight excluding hydrogens is 448 g/mol. The van der Waals surface area contributed by atoms with Gasteiger partial charge in [0, 0.05) is 22.2 Å². The van der Waals surface area contributed by atoms with Crippen LogP contribution in [-0.2, 0) is 17.9 Å². The maximum Gasteiger partial charge on any atom is 0.258 e. The minimum absolute atomic E-state index is 0.00257. The topological polar surface area (TPSA) is 102 Å². The SMILES string of the molecule is O=Nc1c(O)n(Cc2cc(F)cc3c2OCOC3)c2cc(NC(=O)c3ccccc3F)ccc12. The first kappa shape index (κ1) is 21.5. The number of benzene rings is 3. The summed E-state index contributed by atoms with van der Waals surface area (Å²) in [7, 11) is 0. The third-order valence-corrected chi connectivity index (χ3v) is 5.56. The third kappa shape index (κ3) is 3.73. The van der Waals surface area contributed by atoms with Gasteiger partial charge in [0.15, 0.2) is 12.5 Å². The van der Waals surface area contributed by atoms with Gasteiger partial charge in [-0.1, -0.05) is 12.1 Å². The molecule has 3 aromatic carbocycles. The predicted molar refractivity (Wildman–Crippen MR) is 119 cm³/mol. The van der Waals surface area contributed by atoms with Crippen LogP contribution in [0.2, 0.25) is 0 Å². The average Bonchev–Trinajstić information content (AvgIpc) is 3.09. The van der Waals surface area contributed by atoms with E-state index in [-0.39, 0.29) is 31.2 Å². The van der Waals surface area contributed by atoms with E-state index in [1.165, 1.54) is 53.1 Å². The molecule has 0 saturated carbocycles. The number of rotatable bonds is 5. The summed E-state index contributed by atoms with van der Waals surface area (Å²) in [5.41, 5.74) is 1.25. The fourth-order valence-corrected chi connectivity index (χ4v) is 4.03. The van der Waals surface area contributed by atoms with Crippen molar-refractivity contribution in [1.29, 1.82) is 0 Å². The molecule has 0 saturated heterocycles. The number of aromatic hydroxyl groups is 1. The predicted octanol–water partition coefficient (Wildman–Crippen LogP) is 5.19. The van der Waals surface area contributed by atoms with Crippen molar-refractivity contribution in [2.75, 3.05) is 12.1 Å². The first-order valence-electron chi connectivity index (χ1n) is 10.2. The second kappa shape index (κ2) is 8.56. The zero-order valence-corrected chi connectivity index (χ0v) is 17.5. The lowest BCUT2D eigenvalue weighted by atomic mass is 10.1. The number of aromatic nitrogens is 1. The normalized spacial score (nSPS) is 12.8. The van der Waals surface area contributed by atoms with Crippen molar-refractivity contribution in [3.8, 4) is 11.6 Å². The van der Waals surface area contributed by atoms with Gasteiger partial charge in [-0.3, -0.25) is 4.79 Å². The number of hydrogen-bond donors (Lipinski definition) is 2. The Hall–Kier alpha value is -4.31. The van der Waals surface area contributed by atoms with Crippen LogP contribution in [0.4, 0.5) is 20.2 Å². The lowest BCUT2D eigenvalue weighted by Gasteiger charge is -2.21. The summed E-state index contributed by atoms with van der Waals surface area (Å²) in [5, 5.41) is 16.6. The van der Waals surface area contributed by atoms with Gasteiger partial charge in [-0.2, -0.15) is 0 Å². The van der Waals surface area contributed by atoms with Crippen LogP contribution in [-0.4, -0.2) is 22.4 Å².